The highest BCUT2D eigenvalue weighted by Crippen LogP contribution is 2.23. The molecule has 0 radical (unpaired) electrons. The number of rotatable bonds is 3. The zero-order valence-electron chi connectivity index (χ0n) is 8.91. The number of hydrogen-bond donors (Lipinski definition) is 2. The average molecular weight is 269 g/mol. The molecule has 3 heteroatoms. The molecule has 2 rings (SSSR count). The molecule has 0 bridgehead atoms. The minimum atomic E-state index is 0.413. The van der Waals surface area contributed by atoms with Crippen LogP contribution in [0.2, 0.25) is 0 Å². The highest BCUT2D eigenvalue weighted by atomic mass is 79.9. The van der Waals surface area contributed by atoms with E-state index in [2.05, 4.69) is 52.4 Å². The summed E-state index contributed by atoms with van der Waals surface area (Å²) in [7, 11) is 0. The van der Waals surface area contributed by atoms with Gasteiger partial charge in [-0.3, -0.25) is 0 Å². The fourth-order valence-corrected chi connectivity index (χ4v) is 2.26. The quantitative estimate of drug-likeness (QED) is 0.885. The molecule has 1 atom stereocenters. The van der Waals surface area contributed by atoms with Crippen molar-refractivity contribution in [2.45, 2.75) is 37.9 Å². The van der Waals surface area contributed by atoms with Crippen LogP contribution in [0.1, 0.15) is 31.4 Å². The Morgan fingerprint density at radius 1 is 1.33 bits per heavy atom. The fourth-order valence-electron chi connectivity index (χ4n) is 2.00. The third kappa shape index (κ3) is 2.80. The van der Waals surface area contributed by atoms with E-state index in [9.17, 15) is 0 Å². The van der Waals surface area contributed by atoms with Crippen LogP contribution in [0.5, 0.6) is 0 Å². The Hall–Kier alpha value is -0.380. The van der Waals surface area contributed by atoms with Crippen LogP contribution >= 0.6 is 15.9 Å². The molecule has 0 amide bonds. The summed E-state index contributed by atoms with van der Waals surface area (Å²) in [4.78, 5) is 0. The molecule has 0 aliphatic heterocycles. The van der Waals surface area contributed by atoms with E-state index in [1.54, 1.807) is 0 Å². The molecule has 0 spiro atoms. The first-order valence-corrected chi connectivity index (χ1v) is 6.21. The largest absolute Gasteiger partial charge is 0.328 e. The van der Waals surface area contributed by atoms with Crippen LogP contribution in [-0.4, -0.2) is 12.1 Å². The lowest BCUT2D eigenvalue weighted by Gasteiger charge is -2.35. The zero-order valence-corrected chi connectivity index (χ0v) is 10.5. The predicted octanol–water partition coefficient (Wildman–Crippen LogP) is 2.59. The van der Waals surface area contributed by atoms with Crippen LogP contribution in [0.3, 0.4) is 0 Å². The second kappa shape index (κ2) is 4.64. The summed E-state index contributed by atoms with van der Waals surface area (Å²) >= 11 is 3.44. The van der Waals surface area contributed by atoms with Crippen molar-refractivity contribution in [3.05, 3.63) is 34.3 Å². The Morgan fingerprint density at radius 2 is 1.93 bits per heavy atom. The van der Waals surface area contributed by atoms with Crippen molar-refractivity contribution < 1.29 is 0 Å². The summed E-state index contributed by atoms with van der Waals surface area (Å²) in [5.41, 5.74) is 7.09. The van der Waals surface area contributed by atoms with Gasteiger partial charge in [0.05, 0.1) is 0 Å². The second-order valence-electron chi connectivity index (χ2n) is 4.37. The number of nitrogens with two attached hydrogens (primary N) is 1. The molecule has 0 heterocycles. The van der Waals surface area contributed by atoms with Crippen molar-refractivity contribution >= 4 is 15.9 Å². The van der Waals surface area contributed by atoms with Gasteiger partial charge in [0.15, 0.2) is 0 Å². The average Bonchev–Trinajstić information content (AvgIpc) is 2.16. The molecule has 1 saturated carbocycles. The van der Waals surface area contributed by atoms with Crippen LogP contribution < -0.4 is 11.1 Å². The lowest BCUT2D eigenvalue weighted by Crippen LogP contribution is -2.49. The predicted molar refractivity (Wildman–Crippen MR) is 66.7 cm³/mol. The summed E-state index contributed by atoms with van der Waals surface area (Å²) in [5.74, 6) is 0. The molecule has 3 N–H and O–H groups in total. The molecule has 2 nitrogen and oxygen atoms in total. The van der Waals surface area contributed by atoms with Gasteiger partial charge in [-0.05, 0) is 37.5 Å². The molecule has 1 aliphatic rings. The van der Waals surface area contributed by atoms with E-state index in [-0.39, 0.29) is 0 Å². The first kappa shape index (κ1) is 11.1. The third-order valence-electron chi connectivity index (χ3n) is 3.03. The summed E-state index contributed by atoms with van der Waals surface area (Å²) in [6.07, 6.45) is 2.22. The molecule has 1 aromatic carbocycles. The smallest absolute Gasteiger partial charge is 0.0294 e. The van der Waals surface area contributed by atoms with E-state index in [0.717, 1.165) is 17.3 Å². The maximum atomic E-state index is 5.76. The van der Waals surface area contributed by atoms with Crippen molar-refractivity contribution in [2.75, 3.05) is 0 Å². The molecule has 0 saturated heterocycles. The van der Waals surface area contributed by atoms with Gasteiger partial charge in [0.25, 0.3) is 0 Å². The Balaban J connectivity index is 1.90. The monoisotopic (exact) mass is 268 g/mol. The molecule has 0 unspecified atom stereocenters. The lowest BCUT2D eigenvalue weighted by atomic mass is 9.87. The molecule has 1 aromatic rings. The van der Waals surface area contributed by atoms with Gasteiger partial charge in [-0.2, -0.15) is 0 Å². The highest BCUT2D eigenvalue weighted by Gasteiger charge is 2.26. The van der Waals surface area contributed by atoms with Gasteiger partial charge < -0.3 is 11.1 Å². The summed E-state index contributed by atoms with van der Waals surface area (Å²) in [5, 5.41) is 3.59. The van der Waals surface area contributed by atoms with Crippen LogP contribution in [-0.2, 0) is 0 Å². The maximum absolute atomic E-state index is 5.76. The zero-order chi connectivity index (χ0) is 10.8. The van der Waals surface area contributed by atoms with Crippen molar-refractivity contribution in [2.24, 2.45) is 5.73 Å². The Bertz CT molecular complexity index is 317. The van der Waals surface area contributed by atoms with Gasteiger partial charge in [0.2, 0.25) is 0 Å². The minimum Gasteiger partial charge on any atom is -0.328 e. The van der Waals surface area contributed by atoms with E-state index in [0.29, 0.717) is 18.1 Å². The van der Waals surface area contributed by atoms with E-state index in [1.807, 2.05) is 0 Å². The van der Waals surface area contributed by atoms with Gasteiger partial charge >= 0.3 is 0 Å². The minimum absolute atomic E-state index is 0.413. The first-order chi connectivity index (χ1) is 7.15. The number of halogens is 1. The van der Waals surface area contributed by atoms with Gasteiger partial charge in [0.1, 0.15) is 0 Å². The van der Waals surface area contributed by atoms with E-state index in [4.69, 9.17) is 5.73 Å². The van der Waals surface area contributed by atoms with Crippen molar-refractivity contribution in [1.29, 1.82) is 0 Å². The Kier molecular flexibility index (Phi) is 3.44. The van der Waals surface area contributed by atoms with Crippen molar-refractivity contribution in [3.8, 4) is 0 Å². The van der Waals surface area contributed by atoms with Crippen molar-refractivity contribution in [1.82, 2.24) is 5.32 Å². The standard InChI is InChI=1S/C12H17BrN2/c1-8(15-12-6-11(14)7-12)9-2-4-10(13)5-3-9/h2-5,8,11-12,15H,6-7,14H2,1H3/t8-,11?,12?/m0/s1. The molecule has 0 aromatic heterocycles. The maximum Gasteiger partial charge on any atom is 0.0294 e. The van der Waals surface area contributed by atoms with Gasteiger partial charge in [-0.25, -0.2) is 0 Å². The SMILES string of the molecule is C[C@H](NC1CC(N)C1)c1ccc(Br)cc1. The fraction of sp³-hybridized carbons (Fsp3) is 0.500. The van der Waals surface area contributed by atoms with Crippen molar-refractivity contribution in [3.63, 3.8) is 0 Å². The molecule has 82 valence electrons. The van der Waals surface area contributed by atoms with E-state index >= 15 is 0 Å². The number of hydrogen-bond acceptors (Lipinski definition) is 2. The normalized spacial score (nSPS) is 27.1. The number of nitrogens with one attached hydrogen (secondary N) is 1. The van der Waals surface area contributed by atoms with Crippen LogP contribution in [0, 0.1) is 0 Å². The summed E-state index contributed by atoms with van der Waals surface area (Å²) in [6, 6.07) is 9.91. The molecular weight excluding hydrogens is 252 g/mol. The van der Waals surface area contributed by atoms with E-state index in [1.165, 1.54) is 5.56 Å². The first-order valence-electron chi connectivity index (χ1n) is 5.42. The highest BCUT2D eigenvalue weighted by molar-refractivity contribution is 9.10. The topological polar surface area (TPSA) is 38.0 Å². The summed E-state index contributed by atoms with van der Waals surface area (Å²) in [6.45, 7) is 2.20. The van der Waals surface area contributed by atoms with E-state index < -0.39 is 0 Å². The van der Waals surface area contributed by atoms with Gasteiger partial charge in [0, 0.05) is 22.6 Å². The summed E-state index contributed by atoms with van der Waals surface area (Å²) < 4.78 is 1.13. The van der Waals surface area contributed by atoms with Crippen LogP contribution in [0.25, 0.3) is 0 Å². The van der Waals surface area contributed by atoms with Crippen LogP contribution in [0.15, 0.2) is 28.7 Å². The Labute approximate surface area is 99.4 Å². The Morgan fingerprint density at radius 3 is 2.47 bits per heavy atom. The van der Waals surface area contributed by atoms with Crippen LogP contribution in [0.4, 0.5) is 0 Å². The molecule has 15 heavy (non-hydrogen) atoms. The van der Waals surface area contributed by atoms with Gasteiger partial charge in [-0.15, -0.1) is 0 Å². The number of benzene rings is 1. The lowest BCUT2D eigenvalue weighted by molar-refractivity contribution is 0.272. The molecule has 1 aliphatic carbocycles. The third-order valence-corrected chi connectivity index (χ3v) is 3.56. The molecule has 1 fully saturated rings. The second-order valence-corrected chi connectivity index (χ2v) is 5.28. The van der Waals surface area contributed by atoms with Gasteiger partial charge in [-0.1, -0.05) is 28.1 Å². The molecular formula is C12H17BrN2.